The first-order chi connectivity index (χ1) is 10.1. The largest absolute Gasteiger partial charge is 0.399 e. The molecular weight excluding hydrogens is 284 g/mol. The van der Waals surface area contributed by atoms with Crippen molar-refractivity contribution in [2.45, 2.75) is 36.9 Å². The second kappa shape index (κ2) is 5.37. The molecule has 1 fully saturated rings. The molecule has 0 atom stereocenters. The van der Waals surface area contributed by atoms with E-state index in [1.54, 1.807) is 30.0 Å². The van der Waals surface area contributed by atoms with Gasteiger partial charge in [-0.25, -0.2) is 0 Å². The number of carbonyl (C=O) groups is 2. The van der Waals surface area contributed by atoms with Gasteiger partial charge in [0, 0.05) is 17.0 Å². The number of benzene rings is 1. The lowest BCUT2D eigenvalue weighted by Gasteiger charge is -2.38. The Kier molecular flexibility index (Phi) is 3.69. The third-order valence-corrected chi connectivity index (χ3v) is 6.04. The van der Waals surface area contributed by atoms with Crippen LogP contribution in [0, 0.1) is 0 Å². The molecule has 1 aliphatic heterocycles. The number of amides is 2. The van der Waals surface area contributed by atoms with Gasteiger partial charge in [-0.15, -0.1) is 0 Å². The first kappa shape index (κ1) is 14.4. The lowest BCUT2D eigenvalue weighted by Crippen LogP contribution is -2.44. The first-order valence-corrected chi connectivity index (χ1v) is 8.60. The van der Waals surface area contributed by atoms with Gasteiger partial charge < -0.3 is 5.73 Å². The van der Waals surface area contributed by atoms with Crippen molar-refractivity contribution in [1.82, 2.24) is 4.90 Å². The van der Waals surface area contributed by atoms with Crippen molar-refractivity contribution in [3.63, 3.8) is 0 Å². The van der Waals surface area contributed by atoms with Gasteiger partial charge in [0.25, 0.3) is 11.8 Å². The molecule has 2 amide bonds. The number of hydrogen-bond donors (Lipinski definition) is 1. The number of nitrogens with zero attached hydrogens (tertiary/aromatic N) is 1. The van der Waals surface area contributed by atoms with Crippen LogP contribution in [0.1, 0.15) is 52.8 Å². The molecule has 2 aliphatic rings. The van der Waals surface area contributed by atoms with E-state index in [4.69, 9.17) is 5.73 Å². The van der Waals surface area contributed by atoms with E-state index in [2.05, 4.69) is 6.26 Å². The predicted octanol–water partition coefficient (Wildman–Crippen LogP) is 2.93. The number of rotatable bonds is 3. The van der Waals surface area contributed by atoms with Crippen LogP contribution in [0.2, 0.25) is 0 Å². The lowest BCUT2D eigenvalue weighted by molar-refractivity contribution is 0.0629. The molecule has 1 heterocycles. The highest BCUT2D eigenvalue weighted by Gasteiger charge is 2.42. The van der Waals surface area contributed by atoms with E-state index in [1.807, 2.05) is 0 Å². The van der Waals surface area contributed by atoms with Crippen molar-refractivity contribution in [3.05, 3.63) is 29.3 Å². The SMILES string of the molecule is CSC1(CN2C(=O)c3ccc(N)cc3C2=O)CCCCC1. The van der Waals surface area contributed by atoms with Crippen molar-refractivity contribution in [2.75, 3.05) is 18.5 Å². The Hall–Kier alpha value is -1.49. The van der Waals surface area contributed by atoms with Gasteiger partial charge in [0.15, 0.2) is 0 Å². The Morgan fingerprint density at radius 3 is 2.48 bits per heavy atom. The van der Waals surface area contributed by atoms with E-state index < -0.39 is 0 Å². The fraction of sp³-hybridized carbons (Fsp3) is 0.500. The molecule has 0 bridgehead atoms. The van der Waals surface area contributed by atoms with E-state index in [0.717, 1.165) is 12.8 Å². The van der Waals surface area contributed by atoms with Crippen LogP contribution in [0.3, 0.4) is 0 Å². The quantitative estimate of drug-likeness (QED) is 0.689. The Morgan fingerprint density at radius 2 is 1.81 bits per heavy atom. The molecule has 0 unspecified atom stereocenters. The summed E-state index contributed by atoms with van der Waals surface area (Å²) in [5.74, 6) is -0.365. The van der Waals surface area contributed by atoms with Gasteiger partial charge in [0.2, 0.25) is 0 Å². The maximum Gasteiger partial charge on any atom is 0.261 e. The molecule has 1 saturated carbocycles. The number of imide groups is 1. The van der Waals surface area contributed by atoms with Gasteiger partial charge >= 0.3 is 0 Å². The Labute approximate surface area is 129 Å². The second-order valence-corrected chi connectivity index (χ2v) is 7.22. The molecule has 112 valence electrons. The minimum absolute atomic E-state index is 0.0250. The van der Waals surface area contributed by atoms with Crippen molar-refractivity contribution in [2.24, 2.45) is 0 Å². The molecule has 2 N–H and O–H groups in total. The van der Waals surface area contributed by atoms with Gasteiger partial charge in [-0.3, -0.25) is 14.5 Å². The number of thioether (sulfide) groups is 1. The van der Waals surface area contributed by atoms with Crippen LogP contribution in [0.4, 0.5) is 5.69 Å². The predicted molar refractivity (Wildman–Crippen MR) is 85.6 cm³/mol. The molecule has 0 radical (unpaired) electrons. The van der Waals surface area contributed by atoms with E-state index in [-0.39, 0.29) is 16.6 Å². The van der Waals surface area contributed by atoms with Crippen molar-refractivity contribution in [3.8, 4) is 0 Å². The van der Waals surface area contributed by atoms with Crippen LogP contribution in [-0.2, 0) is 0 Å². The maximum absolute atomic E-state index is 12.5. The van der Waals surface area contributed by atoms with Crippen LogP contribution in [0.5, 0.6) is 0 Å². The molecule has 0 spiro atoms. The standard InChI is InChI=1S/C16H20N2O2S/c1-21-16(7-3-2-4-8-16)10-18-14(19)12-6-5-11(17)9-13(12)15(18)20/h5-6,9H,2-4,7-8,10,17H2,1H3. The summed E-state index contributed by atoms with van der Waals surface area (Å²) in [6.45, 7) is 0.514. The molecule has 0 aromatic heterocycles. The molecule has 0 saturated heterocycles. The number of carbonyl (C=O) groups excluding carboxylic acids is 2. The molecule has 21 heavy (non-hydrogen) atoms. The highest BCUT2D eigenvalue weighted by molar-refractivity contribution is 8.00. The summed E-state index contributed by atoms with van der Waals surface area (Å²) >= 11 is 1.80. The molecule has 1 aromatic rings. The summed E-state index contributed by atoms with van der Waals surface area (Å²) in [5, 5.41) is 0. The Bertz CT molecular complexity index is 594. The van der Waals surface area contributed by atoms with Crippen molar-refractivity contribution >= 4 is 29.3 Å². The van der Waals surface area contributed by atoms with Gasteiger partial charge in [0.05, 0.1) is 11.1 Å². The fourth-order valence-corrected chi connectivity index (χ4v) is 4.32. The number of nitrogens with two attached hydrogens (primary N) is 1. The van der Waals surface area contributed by atoms with Crippen LogP contribution < -0.4 is 5.73 Å². The molecule has 1 aliphatic carbocycles. The van der Waals surface area contributed by atoms with Gasteiger partial charge in [-0.2, -0.15) is 11.8 Å². The zero-order chi connectivity index (χ0) is 15.0. The molecule has 5 heteroatoms. The van der Waals surface area contributed by atoms with Crippen molar-refractivity contribution < 1.29 is 9.59 Å². The number of hydrogen-bond acceptors (Lipinski definition) is 4. The molecule has 3 rings (SSSR count). The molecule has 1 aromatic carbocycles. The number of nitrogen functional groups attached to an aromatic ring is 1. The second-order valence-electron chi connectivity index (χ2n) is 5.95. The number of fused-ring (bicyclic) bond motifs is 1. The smallest absolute Gasteiger partial charge is 0.261 e. The minimum atomic E-state index is -0.193. The van der Waals surface area contributed by atoms with E-state index >= 15 is 0 Å². The Morgan fingerprint density at radius 1 is 1.14 bits per heavy atom. The molecular formula is C16H20N2O2S. The lowest BCUT2D eigenvalue weighted by atomic mass is 9.88. The third kappa shape index (κ3) is 2.44. The summed E-state index contributed by atoms with van der Waals surface area (Å²) in [7, 11) is 0. The van der Waals surface area contributed by atoms with Crippen LogP contribution in [0.15, 0.2) is 18.2 Å². The highest BCUT2D eigenvalue weighted by atomic mass is 32.2. The normalized spacial score (nSPS) is 20.7. The van der Waals surface area contributed by atoms with E-state index in [1.165, 1.54) is 24.2 Å². The van der Waals surface area contributed by atoms with Crippen LogP contribution >= 0.6 is 11.8 Å². The van der Waals surface area contributed by atoms with Crippen LogP contribution in [0.25, 0.3) is 0 Å². The molecule has 4 nitrogen and oxygen atoms in total. The van der Waals surface area contributed by atoms with Gasteiger partial charge in [-0.1, -0.05) is 19.3 Å². The third-order valence-electron chi connectivity index (χ3n) is 4.64. The van der Waals surface area contributed by atoms with E-state index in [0.29, 0.717) is 23.4 Å². The monoisotopic (exact) mass is 304 g/mol. The fourth-order valence-electron chi connectivity index (χ4n) is 3.36. The average Bonchev–Trinajstić information content (AvgIpc) is 2.73. The summed E-state index contributed by atoms with van der Waals surface area (Å²) < 4.78 is 0.0250. The van der Waals surface area contributed by atoms with Gasteiger partial charge in [-0.05, 0) is 37.3 Å². The summed E-state index contributed by atoms with van der Waals surface area (Å²) in [6.07, 6.45) is 7.84. The topological polar surface area (TPSA) is 63.4 Å². The van der Waals surface area contributed by atoms with Crippen LogP contribution in [-0.4, -0.2) is 34.3 Å². The summed E-state index contributed by atoms with van der Waals surface area (Å²) in [5.41, 5.74) is 7.19. The van der Waals surface area contributed by atoms with E-state index in [9.17, 15) is 9.59 Å². The summed E-state index contributed by atoms with van der Waals surface area (Å²) in [4.78, 5) is 26.5. The number of anilines is 1. The zero-order valence-electron chi connectivity index (χ0n) is 12.2. The first-order valence-electron chi connectivity index (χ1n) is 7.37. The maximum atomic E-state index is 12.5. The average molecular weight is 304 g/mol. The van der Waals surface area contributed by atoms with Gasteiger partial charge in [0.1, 0.15) is 0 Å². The van der Waals surface area contributed by atoms with Crippen molar-refractivity contribution in [1.29, 1.82) is 0 Å². The minimum Gasteiger partial charge on any atom is -0.399 e. The Balaban J connectivity index is 1.87. The highest BCUT2D eigenvalue weighted by Crippen LogP contribution is 2.40. The zero-order valence-corrected chi connectivity index (χ0v) is 13.0. The summed E-state index contributed by atoms with van der Waals surface area (Å²) in [6, 6.07) is 4.96.